The first kappa shape index (κ1) is 15.1. The van der Waals surface area contributed by atoms with Crippen LogP contribution in [0.4, 0.5) is 0 Å². The highest BCUT2D eigenvalue weighted by atomic mass is 35.5. The molecule has 0 saturated carbocycles. The lowest BCUT2D eigenvalue weighted by Gasteiger charge is -2.17. The second-order valence-electron chi connectivity index (χ2n) is 5.14. The van der Waals surface area contributed by atoms with Crippen LogP contribution in [0.1, 0.15) is 35.5 Å². The number of nitrogens with one attached hydrogen (secondary N) is 1. The summed E-state index contributed by atoms with van der Waals surface area (Å²) in [6.07, 6.45) is 1.70. The van der Waals surface area contributed by atoms with Crippen molar-refractivity contribution in [2.75, 3.05) is 7.05 Å². The van der Waals surface area contributed by atoms with E-state index >= 15 is 0 Å². The third-order valence-corrected chi connectivity index (χ3v) is 4.16. The minimum absolute atomic E-state index is 0.244. The van der Waals surface area contributed by atoms with E-state index in [0.29, 0.717) is 0 Å². The van der Waals surface area contributed by atoms with E-state index in [9.17, 15) is 0 Å². The summed E-state index contributed by atoms with van der Waals surface area (Å²) in [6, 6.07) is 8.86. The van der Waals surface area contributed by atoms with Gasteiger partial charge in [-0.3, -0.25) is 4.68 Å². The Labute approximate surface area is 126 Å². The van der Waals surface area contributed by atoms with E-state index in [1.54, 1.807) is 0 Å². The summed E-state index contributed by atoms with van der Waals surface area (Å²) < 4.78 is 1.90. The number of likely N-dealkylation sites (N-methyl/N-ethyl adjacent to an activating group) is 1. The second-order valence-corrected chi connectivity index (χ2v) is 5.52. The van der Waals surface area contributed by atoms with Crippen molar-refractivity contribution < 1.29 is 0 Å². The summed E-state index contributed by atoms with van der Waals surface area (Å²) in [5.74, 6) is 0. The predicted molar refractivity (Wildman–Crippen MR) is 84.3 cm³/mol. The highest BCUT2D eigenvalue weighted by Crippen LogP contribution is 2.26. The molecule has 0 bridgehead atoms. The maximum absolute atomic E-state index is 6.43. The lowest BCUT2D eigenvalue weighted by molar-refractivity contribution is 0.561. The van der Waals surface area contributed by atoms with Crippen molar-refractivity contribution in [1.82, 2.24) is 15.1 Å². The number of rotatable bonds is 5. The fourth-order valence-corrected chi connectivity index (χ4v) is 2.79. The van der Waals surface area contributed by atoms with E-state index in [0.717, 1.165) is 29.3 Å². The predicted octanol–water partition coefficient (Wildman–Crippen LogP) is 3.45. The van der Waals surface area contributed by atoms with Gasteiger partial charge in [0, 0.05) is 19.5 Å². The summed E-state index contributed by atoms with van der Waals surface area (Å²) in [6.45, 7) is 4.18. The maximum Gasteiger partial charge on any atom is 0.0850 e. The average Bonchev–Trinajstić information content (AvgIpc) is 2.72. The number of halogens is 1. The summed E-state index contributed by atoms with van der Waals surface area (Å²) in [4.78, 5) is 0. The van der Waals surface area contributed by atoms with Gasteiger partial charge in [0.2, 0.25) is 0 Å². The summed E-state index contributed by atoms with van der Waals surface area (Å²) >= 11 is 6.43. The van der Waals surface area contributed by atoms with Crippen LogP contribution in [0.15, 0.2) is 24.3 Å². The molecule has 0 fully saturated rings. The van der Waals surface area contributed by atoms with Gasteiger partial charge in [-0.15, -0.1) is 0 Å². The van der Waals surface area contributed by atoms with Gasteiger partial charge in [0.1, 0.15) is 0 Å². The molecule has 0 aliphatic carbocycles. The smallest absolute Gasteiger partial charge is 0.0850 e. The number of aryl methyl sites for hydroxylation is 3. The Morgan fingerprint density at radius 2 is 1.95 bits per heavy atom. The Kier molecular flexibility index (Phi) is 4.84. The molecule has 1 N–H and O–H groups in total. The molecule has 0 radical (unpaired) electrons. The summed E-state index contributed by atoms with van der Waals surface area (Å²) in [5, 5.41) is 8.66. The normalized spacial score (nSPS) is 12.7. The average molecular weight is 292 g/mol. The molecule has 3 nitrogen and oxygen atoms in total. The Hall–Kier alpha value is -1.32. The zero-order valence-corrected chi connectivity index (χ0v) is 13.3. The van der Waals surface area contributed by atoms with Gasteiger partial charge in [0.05, 0.1) is 16.4 Å². The van der Waals surface area contributed by atoms with Crippen molar-refractivity contribution in [3.05, 3.63) is 51.8 Å². The SMILES string of the molecule is CCc1nn(C)c(CC(NC)c2ccc(C)cc2)c1Cl. The minimum atomic E-state index is 0.244. The number of benzene rings is 1. The van der Waals surface area contributed by atoms with E-state index in [4.69, 9.17) is 11.6 Å². The molecule has 2 aromatic rings. The number of nitrogens with zero attached hydrogens (tertiary/aromatic N) is 2. The molecule has 1 atom stereocenters. The van der Waals surface area contributed by atoms with Crippen molar-refractivity contribution in [2.24, 2.45) is 7.05 Å². The minimum Gasteiger partial charge on any atom is -0.313 e. The van der Waals surface area contributed by atoms with Crippen LogP contribution in [0.2, 0.25) is 5.02 Å². The van der Waals surface area contributed by atoms with E-state index in [1.165, 1.54) is 11.1 Å². The van der Waals surface area contributed by atoms with Crippen molar-refractivity contribution in [3.63, 3.8) is 0 Å². The Balaban J connectivity index is 2.26. The fraction of sp³-hybridized carbons (Fsp3) is 0.438. The van der Waals surface area contributed by atoms with Crippen LogP contribution >= 0.6 is 11.6 Å². The molecule has 1 aromatic carbocycles. The molecule has 0 amide bonds. The van der Waals surface area contributed by atoms with Crippen LogP contribution in [0.3, 0.4) is 0 Å². The first-order valence-electron chi connectivity index (χ1n) is 7.00. The number of aromatic nitrogens is 2. The molecule has 108 valence electrons. The molecule has 0 saturated heterocycles. The van der Waals surface area contributed by atoms with Crippen molar-refractivity contribution in [1.29, 1.82) is 0 Å². The first-order chi connectivity index (χ1) is 9.56. The number of hydrogen-bond acceptors (Lipinski definition) is 2. The topological polar surface area (TPSA) is 29.9 Å². The largest absolute Gasteiger partial charge is 0.313 e. The highest BCUT2D eigenvalue weighted by molar-refractivity contribution is 6.31. The molecule has 1 unspecified atom stereocenters. The van der Waals surface area contributed by atoms with E-state index in [-0.39, 0.29) is 6.04 Å². The van der Waals surface area contributed by atoms with Crippen LogP contribution in [-0.4, -0.2) is 16.8 Å². The third kappa shape index (κ3) is 3.05. The summed E-state index contributed by atoms with van der Waals surface area (Å²) in [5.41, 5.74) is 4.61. The van der Waals surface area contributed by atoms with Crippen molar-refractivity contribution in [3.8, 4) is 0 Å². The Morgan fingerprint density at radius 3 is 2.45 bits per heavy atom. The van der Waals surface area contributed by atoms with Gasteiger partial charge >= 0.3 is 0 Å². The lowest BCUT2D eigenvalue weighted by atomic mass is 10.0. The molecule has 2 rings (SSSR count). The third-order valence-electron chi connectivity index (χ3n) is 3.73. The second kappa shape index (κ2) is 6.42. The van der Waals surface area contributed by atoms with Crippen LogP contribution in [0.5, 0.6) is 0 Å². The van der Waals surface area contributed by atoms with Gasteiger partial charge in [-0.25, -0.2) is 0 Å². The molecular formula is C16H22ClN3. The van der Waals surface area contributed by atoms with E-state index in [2.05, 4.69) is 48.5 Å². The van der Waals surface area contributed by atoms with Gasteiger partial charge in [-0.1, -0.05) is 48.4 Å². The Morgan fingerprint density at radius 1 is 1.30 bits per heavy atom. The Bertz CT molecular complexity index is 572. The van der Waals surface area contributed by atoms with Crippen LogP contribution in [0, 0.1) is 6.92 Å². The van der Waals surface area contributed by atoms with Gasteiger partial charge in [0.25, 0.3) is 0 Å². The molecule has 20 heavy (non-hydrogen) atoms. The fourth-order valence-electron chi connectivity index (χ4n) is 2.42. The monoisotopic (exact) mass is 291 g/mol. The van der Waals surface area contributed by atoms with Crippen LogP contribution < -0.4 is 5.32 Å². The van der Waals surface area contributed by atoms with Crippen molar-refractivity contribution in [2.45, 2.75) is 32.7 Å². The van der Waals surface area contributed by atoms with Crippen LogP contribution in [-0.2, 0) is 19.9 Å². The van der Waals surface area contributed by atoms with E-state index < -0.39 is 0 Å². The highest BCUT2D eigenvalue weighted by Gasteiger charge is 2.18. The van der Waals surface area contributed by atoms with Gasteiger partial charge in [0.15, 0.2) is 0 Å². The molecular weight excluding hydrogens is 270 g/mol. The van der Waals surface area contributed by atoms with Gasteiger partial charge in [-0.05, 0) is 26.0 Å². The molecule has 0 spiro atoms. The molecule has 0 aliphatic heterocycles. The first-order valence-corrected chi connectivity index (χ1v) is 7.38. The maximum atomic E-state index is 6.43. The molecule has 4 heteroatoms. The zero-order chi connectivity index (χ0) is 14.7. The molecule has 1 aromatic heterocycles. The lowest BCUT2D eigenvalue weighted by Crippen LogP contribution is -2.20. The standard InChI is InChI=1S/C16H22ClN3/c1-5-13-16(17)15(20(4)19-13)10-14(18-3)12-8-6-11(2)7-9-12/h6-9,14,18H,5,10H2,1-4H3. The van der Waals surface area contributed by atoms with E-state index in [1.807, 2.05) is 18.8 Å². The summed E-state index contributed by atoms with van der Waals surface area (Å²) in [7, 11) is 3.94. The van der Waals surface area contributed by atoms with Gasteiger partial charge in [-0.2, -0.15) is 5.10 Å². The molecule has 1 heterocycles. The molecule has 0 aliphatic rings. The quantitative estimate of drug-likeness (QED) is 0.914. The number of hydrogen-bond donors (Lipinski definition) is 1. The zero-order valence-electron chi connectivity index (χ0n) is 12.6. The van der Waals surface area contributed by atoms with Crippen LogP contribution in [0.25, 0.3) is 0 Å². The van der Waals surface area contributed by atoms with Crippen molar-refractivity contribution >= 4 is 11.6 Å². The van der Waals surface area contributed by atoms with Gasteiger partial charge < -0.3 is 5.32 Å².